The van der Waals surface area contributed by atoms with Crippen molar-refractivity contribution >= 4 is 17.6 Å². The first-order chi connectivity index (χ1) is 15.2. The zero-order chi connectivity index (χ0) is 22.9. The van der Waals surface area contributed by atoms with Gasteiger partial charge in [0.15, 0.2) is 0 Å². The van der Waals surface area contributed by atoms with E-state index < -0.39 is 41.1 Å². The van der Waals surface area contributed by atoms with Crippen LogP contribution in [0.5, 0.6) is 0 Å². The lowest BCUT2D eigenvalue weighted by Crippen LogP contribution is -2.64. The second-order valence-corrected chi connectivity index (χ2v) is 7.91. The van der Waals surface area contributed by atoms with Crippen molar-refractivity contribution in [3.63, 3.8) is 0 Å². The normalized spacial score (nSPS) is 22.1. The van der Waals surface area contributed by atoms with Crippen molar-refractivity contribution in [2.24, 2.45) is 4.99 Å². The quantitative estimate of drug-likeness (QED) is 0.705. The first-order valence-corrected chi connectivity index (χ1v) is 10.4. The van der Waals surface area contributed by atoms with Gasteiger partial charge in [-0.15, -0.1) is 0 Å². The highest BCUT2D eigenvalue weighted by atomic mass is 19.4. The maximum absolute atomic E-state index is 14.4. The van der Waals surface area contributed by atoms with Crippen molar-refractivity contribution in [1.82, 2.24) is 10.2 Å². The molecule has 32 heavy (non-hydrogen) atoms. The van der Waals surface area contributed by atoms with Gasteiger partial charge in [-0.2, -0.15) is 13.2 Å². The first-order valence-electron chi connectivity index (χ1n) is 10.4. The van der Waals surface area contributed by atoms with Crippen LogP contribution in [0.3, 0.4) is 0 Å². The lowest BCUT2D eigenvalue weighted by atomic mass is 9.93. The van der Waals surface area contributed by atoms with Gasteiger partial charge < -0.3 is 5.32 Å². The van der Waals surface area contributed by atoms with Gasteiger partial charge in [-0.1, -0.05) is 61.7 Å². The molecule has 0 radical (unpaired) electrons. The number of carbonyl (C=O) groups is 2. The molecule has 4 rings (SSSR count). The molecule has 0 bridgehead atoms. The van der Waals surface area contributed by atoms with Crippen molar-refractivity contribution in [1.29, 1.82) is 0 Å². The van der Waals surface area contributed by atoms with E-state index in [0.717, 1.165) is 36.3 Å². The molecule has 168 valence electrons. The number of carbonyl (C=O) groups excluding carboxylic acids is 2. The van der Waals surface area contributed by atoms with Gasteiger partial charge in [-0.25, -0.2) is 9.38 Å². The molecule has 9 heteroatoms. The van der Waals surface area contributed by atoms with Crippen molar-refractivity contribution in [3.8, 4) is 0 Å². The summed E-state index contributed by atoms with van der Waals surface area (Å²) in [6, 6.07) is 12.3. The first kappa shape index (κ1) is 22.0. The van der Waals surface area contributed by atoms with Gasteiger partial charge in [-0.3, -0.25) is 14.5 Å². The molecule has 0 unspecified atom stereocenters. The molecule has 1 fully saturated rings. The average Bonchev–Trinajstić information content (AvgIpc) is 3.08. The van der Waals surface area contributed by atoms with E-state index in [-0.39, 0.29) is 5.84 Å². The average molecular weight is 447 g/mol. The van der Waals surface area contributed by atoms with E-state index >= 15 is 0 Å². The topological polar surface area (TPSA) is 61.8 Å². The van der Waals surface area contributed by atoms with Crippen LogP contribution >= 0.6 is 0 Å². The number of benzene rings is 2. The molecule has 0 saturated heterocycles. The highest BCUT2D eigenvalue weighted by Gasteiger charge is 2.68. The number of aliphatic imine (C=N–C) groups is 1. The second-order valence-electron chi connectivity index (χ2n) is 7.91. The van der Waals surface area contributed by atoms with Crippen LogP contribution in [-0.2, 0) is 4.79 Å². The van der Waals surface area contributed by atoms with E-state index in [2.05, 4.69) is 4.99 Å². The van der Waals surface area contributed by atoms with Gasteiger partial charge >= 0.3 is 11.8 Å². The Morgan fingerprint density at radius 2 is 1.62 bits per heavy atom. The fourth-order valence-corrected chi connectivity index (χ4v) is 4.21. The molecule has 1 heterocycles. The number of nitrogens with one attached hydrogen (secondary N) is 1. The number of hydrogen-bond acceptors (Lipinski definition) is 3. The van der Waals surface area contributed by atoms with Crippen molar-refractivity contribution < 1.29 is 27.2 Å². The molecule has 2 aliphatic rings. The number of rotatable bonds is 4. The van der Waals surface area contributed by atoms with Gasteiger partial charge in [-0.05, 0) is 25.0 Å². The van der Waals surface area contributed by atoms with Crippen LogP contribution in [-0.4, -0.2) is 40.4 Å². The Kier molecular flexibility index (Phi) is 5.75. The van der Waals surface area contributed by atoms with Crippen LogP contribution in [0.2, 0.25) is 0 Å². The molecule has 1 N–H and O–H groups in total. The van der Waals surface area contributed by atoms with E-state index in [0.29, 0.717) is 18.4 Å². The summed E-state index contributed by atoms with van der Waals surface area (Å²) in [5.74, 6) is -3.88. The molecule has 1 aliphatic carbocycles. The van der Waals surface area contributed by atoms with E-state index in [4.69, 9.17) is 0 Å². The molecule has 0 spiro atoms. The minimum Gasteiger partial charge on any atom is -0.312 e. The summed E-state index contributed by atoms with van der Waals surface area (Å²) >= 11 is 0. The molecule has 1 aliphatic heterocycles. The second kappa shape index (κ2) is 8.37. The molecular formula is C23H21F4N3O2. The molecular weight excluding hydrogens is 426 g/mol. The smallest absolute Gasteiger partial charge is 0.312 e. The number of alkyl halides is 3. The Hall–Kier alpha value is -3.23. The molecule has 2 amide bonds. The van der Waals surface area contributed by atoms with Crippen molar-refractivity contribution in [2.75, 3.05) is 0 Å². The maximum Gasteiger partial charge on any atom is 0.442 e. The number of amides is 2. The van der Waals surface area contributed by atoms with E-state index in [1.54, 1.807) is 35.6 Å². The maximum atomic E-state index is 14.4. The molecule has 5 nitrogen and oxygen atoms in total. The Balaban J connectivity index is 1.82. The van der Waals surface area contributed by atoms with E-state index in [1.807, 2.05) is 0 Å². The molecule has 0 aromatic heterocycles. The lowest BCUT2D eigenvalue weighted by Gasteiger charge is -2.34. The predicted octanol–water partition coefficient (Wildman–Crippen LogP) is 4.44. The van der Waals surface area contributed by atoms with Gasteiger partial charge in [0.1, 0.15) is 11.7 Å². The third-order valence-electron chi connectivity index (χ3n) is 5.83. The number of hydrogen-bond donors (Lipinski definition) is 1. The van der Waals surface area contributed by atoms with Gasteiger partial charge in [0.25, 0.3) is 11.8 Å². The summed E-state index contributed by atoms with van der Waals surface area (Å²) in [4.78, 5) is 30.9. The van der Waals surface area contributed by atoms with Crippen molar-refractivity contribution in [2.45, 2.75) is 50.0 Å². The molecule has 1 saturated carbocycles. The van der Waals surface area contributed by atoms with Gasteiger partial charge in [0.2, 0.25) is 0 Å². The van der Waals surface area contributed by atoms with Crippen molar-refractivity contribution in [3.05, 3.63) is 71.5 Å². The Labute approximate surface area is 182 Å². The van der Waals surface area contributed by atoms with Crippen LogP contribution < -0.4 is 5.32 Å². The summed E-state index contributed by atoms with van der Waals surface area (Å²) in [7, 11) is 0. The highest BCUT2D eigenvalue weighted by Crippen LogP contribution is 2.41. The summed E-state index contributed by atoms with van der Waals surface area (Å²) in [6.07, 6.45) is -1.69. The van der Waals surface area contributed by atoms with Crippen LogP contribution in [0.15, 0.2) is 59.6 Å². The van der Waals surface area contributed by atoms with Crippen LogP contribution in [0.1, 0.15) is 48.0 Å². The van der Waals surface area contributed by atoms with E-state index in [9.17, 15) is 27.2 Å². The zero-order valence-electron chi connectivity index (χ0n) is 17.0. The minimum atomic E-state index is -5.24. The summed E-state index contributed by atoms with van der Waals surface area (Å²) in [5, 5.41) is 1.73. The molecule has 1 atom stereocenters. The SMILES string of the molecule is O=C(N[C@@]1(C(F)(F)F)N=C(c2ccccc2)N(C2CCCCC2)C1=O)c1ccccc1F. The molecule has 2 aromatic rings. The summed E-state index contributed by atoms with van der Waals surface area (Å²) in [6.45, 7) is 0. The Morgan fingerprint density at radius 1 is 1.00 bits per heavy atom. The zero-order valence-corrected chi connectivity index (χ0v) is 17.0. The third kappa shape index (κ3) is 3.76. The monoisotopic (exact) mass is 447 g/mol. The number of halogens is 4. The third-order valence-corrected chi connectivity index (χ3v) is 5.83. The predicted molar refractivity (Wildman–Crippen MR) is 109 cm³/mol. The fraction of sp³-hybridized carbons (Fsp3) is 0.348. The van der Waals surface area contributed by atoms with Gasteiger partial charge in [0.05, 0.1) is 5.56 Å². The largest absolute Gasteiger partial charge is 0.442 e. The summed E-state index contributed by atoms with van der Waals surface area (Å²) in [5.41, 5.74) is -3.80. The van der Waals surface area contributed by atoms with Gasteiger partial charge in [0, 0.05) is 11.6 Å². The number of nitrogens with zero attached hydrogens (tertiary/aromatic N) is 2. The minimum absolute atomic E-state index is 0.145. The van der Waals surface area contributed by atoms with E-state index in [1.165, 1.54) is 12.1 Å². The standard InChI is InChI=1S/C23H21F4N3O2/c24-18-14-8-7-13-17(18)20(31)29-22(23(25,26)27)21(32)30(16-11-5-2-6-12-16)19(28-22)15-9-3-1-4-10-15/h1,3-4,7-10,13-14,16H,2,5-6,11-12H2,(H,29,31)/t22-/m0/s1. The number of amidine groups is 1. The Morgan fingerprint density at radius 3 is 2.25 bits per heavy atom. The Bertz CT molecular complexity index is 1050. The fourth-order valence-electron chi connectivity index (χ4n) is 4.21. The van der Waals surface area contributed by atoms with Crippen LogP contribution in [0.25, 0.3) is 0 Å². The van der Waals surface area contributed by atoms with Crippen LogP contribution in [0, 0.1) is 5.82 Å². The lowest BCUT2D eigenvalue weighted by molar-refractivity contribution is -0.197. The molecule has 2 aromatic carbocycles. The van der Waals surface area contributed by atoms with Crippen LogP contribution in [0.4, 0.5) is 17.6 Å². The highest BCUT2D eigenvalue weighted by molar-refractivity contribution is 6.17. The summed E-state index contributed by atoms with van der Waals surface area (Å²) < 4.78 is 57.3.